The Kier molecular flexibility index (Phi) is 2.67. The largest absolute Gasteiger partial charge is 0.463 e. The number of hydrogen-bond donors (Lipinski definition) is 1. The van der Waals surface area contributed by atoms with Crippen molar-refractivity contribution < 1.29 is 9.52 Å². The van der Waals surface area contributed by atoms with Gasteiger partial charge in [0.25, 0.3) is 0 Å². The molecule has 62 valence electrons. The van der Waals surface area contributed by atoms with Gasteiger partial charge in [-0.25, -0.2) is 0 Å². The van der Waals surface area contributed by atoms with Gasteiger partial charge in [0.15, 0.2) is 0 Å². The number of allylic oxidation sites excluding steroid dienone is 1. The lowest BCUT2D eigenvalue weighted by molar-refractivity contribution is 0.195. The van der Waals surface area contributed by atoms with E-state index in [2.05, 4.69) is 0 Å². The number of nitriles is 1. The lowest BCUT2D eigenvalue weighted by atomic mass is 10.2. The van der Waals surface area contributed by atoms with Gasteiger partial charge in [-0.1, -0.05) is 0 Å². The third kappa shape index (κ3) is 1.97. The summed E-state index contributed by atoms with van der Waals surface area (Å²) < 4.78 is 5.13. The van der Waals surface area contributed by atoms with E-state index < -0.39 is 6.10 Å². The maximum Gasteiger partial charge on any atom is 0.136 e. The molecule has 1 aromatic heterocycles. The average Bonchev–Trinajstić information content (AvgIpc) is 2.47. The molecule has 0 aliphatic rings. The first-order valence-electron chi connectivity index (χ1n) is 3.54. The monoisotopic (exact) mass is 163 g/mol. The van der Waals surface area contributed by atoms with E-state index in [0.29, 0.717) is 5.76 Å². The highest BCUT2D eigenvalue weighted by Gasteiger charge is 2.06. The number of aliphatic hydroxyl groups excluding tert-OH is 1. The second-order valence-corrected chi connectivity index (χ2v) is 2.38. The Bertz CT molecular complexity index is 320. The molecule has 0 saturated heterocycles. The molecule has 1 unspecified atom stereocenters. The van der Waals surface area contributed by atoms with E-state index in [1.165, 1.54) is 12.2 Å². The standard InChI is InChI=1S/C9H9NO2/c1-7-4-5-9(12-7)8(11)3-2-6-10/h2-5,8,11H,1H3/b3-2+. The summed E-state index contributed by atoms with van der Waals surface area (Å²) in [6, 6.07) is 5.24. The molecule has 1 rings (SSSR count). The summed E-state index contributed by atoms with van der Waals surface area (Å²) in [4.78, 5) is 0. The summed E-state index contributed by atoms with van der Waals surface area (Å²) in [5, 5.41) is 17.5. The van der Waals surface area contributed by atoms with Crippen LogP contribution in [-0.2, 0) is 0 Å². The normalized spacial score (nSPS) is 13.1. The quantitative estimate of drug-likeness (QED) is 0.675. The molecule has 1 atom stereocenters. The maximum atomic E-state index is 9.33. The zero-order valence-electron chi connectivity index (χ0n) is 6.69. The molecular formula is C9H9NO2. The second kappa shape index (κ2) is 3.74. The van der Waals surface area contributed by atoms with Gasteiger partial charge in [0.1, 0.15) is 17.6 Å². The lowest BCUT2D eigenvalue weighted by Crippen LogP contribution is -1.88. The van der Waals surface area contributed by atoms with Crippen LogP contribution in [0.25, 0.3) is 0 Å². The molecule has 3 nitrogen and oxygen atoms in total. The SMILES string of the molecule is Cc1ccc(C(O)/C=C/C#N)o1. The molecule has 0 bridgehead atoms. The fourth-order valence-corrected chi connectivity index (χ4v) is 0.841. The van der Waals surface area contributed by atoms with Crippen LogP contribution in [0.1, 0.15) is 17.6 Å². The van der Waals surface area contributed by atoms with Crippen LogP contribution in [0.2, 0.25) is 0 Å². The van der Waals surface area contributed by atoms with Crippen molar-refractivity contribution in [1.82, 2.24) is 0 Å². The van der Waals surface area contributed by atoms with E-state index in [0.717, 1.165) is 5.76 Å². The van der Waals surface area contributed by atoms with Crippen molar-refractivity contribution in [2.75, 3.05) is 0 Å². The summed E-state index contributed by atoms with van der Waals surface area (Å²) in [5.74, 6) is 1.20. The maximum absolute atomic E-state index is 9.33. The summed E-state index contributed by atoms with van der Waals surface area (Å²) in [6.45, 7) is 1.80. The number of rotatable bonds is 2. The van der Waals surface area contributed by atoms with E-state index in [1.807, 2.05) is 0 Å². The molecule has 3 heteroatoms. The summed E-state index contributed by atoms with van der Waals surface area (Å²) >= 11 is 0. The lowest BCUT2D eigenvalue weighted by Gasteiger charge is -1.98. The Balaban J connectivity index is 2.72. The Morgan fingerprint density at radius 1 is 1.67 bits per heavy atom. The van der Waals surface area contributed by atoms with Crippen molar-refractivity contribution in [1.29, 1.82) is 5.26 Å². The molecule has 0 aliphatic carbocycles. The van der Waals surface area contributed by atoms with Crippen LogP contribution in [0, 0.1) is 18.3 Å². The van der Waals surface area contributed by atoms with Gasteiger partial charge in [-0.2, -0.15) is 5.26 Å². The minimum atomic E-state index is -0.821. The van der Waals surface area contributed by atoms with E-state index in [4.69, 9.17) is 9.68 Å². The number of hydrogen-bond acceptors (Lipinski definition) is 3. The first kappa shape index (κ1) is 8.57. The molecule has 1 heterocycles. The summed E-state index contributed by atoms with van der Waals surface area (Å²) in [5.41, 5.74) is 0. The van der Waals surface area contributed by atoms with Gasteiger partial charge in [0.2, 0.25) is 0 Å². The van der Waals surface area contributed by atoms with Crippen LogP contribution < -0.4 is 0 Å². The van der Waals surface area contributed by atoms with Crippen LogP contribution in [0.5, 0.6) is 0 Å². The average molecular weight is 163 g/mol. The molecule has 1 aromatic rings. The van der Waals surface area contributed by atoms with Crippen molar-refractivity contribution in [3.8, 4) is 6.07 Å². The number of aliphatic hydroxyl groups is 1. The van der Waals surface area contributed by atoms with Crippen molar-refractivity contribution in [2.45, 2.75) is 13.0 Å². The predicted molar refractivity (Wildman–Crippen MR) is 43.2 cm³/mol. The summed E-state index contributed by atoms with van der Waals surface area (Å²) in [7, 11) is 0. The third-order valence-corrected chi connectivity index (χ3v) is 1.41. The Morgan fingerprint density at radius 2 is 2.42 bits per heavy atom. The number of nitrogens with zero attached hydrogens (tertiary/aromatic N) is 1. The Morgan fingerprint density at radius 3 is 2.92 bits per heavy atom. The van der Waals surface area contributed by atoms with Crippen LogP contribution in [0.4, 0.5) is 0 Å². The Labute approximate surface area is 70.5 Å². The molecule has 0 radical (unpaired) electrons. The topological polar surface area (TPSA) is 57.2 Å². The molecular weight excluding hydrogens is 154 g/mol. The van der Waals surface area contributed by atoms with Gasteiger partial charge in [-0.15, -0.1) is 0 Å². The molecule has 0 amide bonds. The number of furan rings is 1. The van der Waals surface area contributed by atoms with Crippen LogP contribution in [-0.4, -0.2) is 5.11 Å². The highest BCUT2D eigenvalue weighted by molar-refractivity contribution is 5.15. The molecule has 0 aromatic carbocycles. The zero-order valence-corrected chi connectivity index (χ0v) is 6.69. The molecule has 0 aliphatic heterocycles. The fourth-order valence-electron chi connectivity index (χ4n) is 0.841. The highest BCUT2D eigenvalue weighted by Crippen LogP contribution is 2.16. The van der Waals surface area contributed by atoms with E-state index in [1.54, 1.807) is 25.1 Å². The van der Waals surface area contributed by atoms with Gasteiger partial charge in [-0.05, 0) is 25.1 Å². The van der Waals surface area contributed by atoms with Crippen molar-refractivity contribution in [2.24, 2.45) is 0 Å². The number of aryl methyl sites for hydroxylation is 1. The van der Waals surface area contributed by atoms with Crippen LogP contribution in [0.15, 0.2) is 28.7 Å². The van der Waals surface area contributed by atoms with Crippen molar-refractivity contribution in [3.05, 3.63) is 35.8 Å². The third-order valence-electron chi connectivity index (χ3n) is 1.41. The van der Waals surface area contributed by atoms with Gasteiger partial charge >= 0.3 is 0 Å². The fraction of sp³-hybridized carbons (Fsp3) is 0.222. The van der Waals surface area contributed by atoms with Crippen molar-refractivity contribution >= 4 is 0 Å². The zero-order chi connectivity index (χ0) is 8.97. The minimum absolute atomic E-state index is 0.457. The van der Waals surface area contributed by atoms with Crippen molar-refractivity contribution in [3.63, 3.8) is 0 Å². The van der Waals surface area contributed by atoms with Gasteiger partial charge in [0.05, 0.1) is 6.07 Å². The molecule has 0 saturated carbocycles. The van der Waals surface area contributed by atoms with E-state index >= 15 is 0 Å². The summed E-state index contributed by atoms with van der Waals surface area (Å²) in [6.07, 6.45) is 1.78. The predicted octanol–water partition coefficient (Wildman–Crippen LogP) is 1.70. The smallest absolute Gasteiger partial charge is 0.136 e. The van der Waals surface area contributed by atoms with Gasteiger partial charge < -0.3 is 9.52 Å². The van der Waals surface area contributed by atoms with Crippen LogP contribution >= 0.6 is 0 Å². The molecule has 1 N–H and O–H groups in total. The van der Waals surface area contributed by atoms with E-state index in [9.17, 15) is 5.11 Å². The molecule has 0 fully saturated rings. The van der Waals surface area contributed by atoms with Gasteiger partial charge in [0, 0.05) is 6.08 Å². The first-order valence-corrected chi connectivity index (χ1v) is 3.54. The highest BCUT2D eigenvalue weighted by atomic mass is 16.4. The van der Waals surface area contributed by atoms with Crippen LogP contribution in [0.3, 0.4) is 0 Å². The molecule has 12 heavy (non-hydrogen) atoms. The Hall–Kier alpha value is -1.53. The van der Waals surface area contributed by atoms with E-state index in [-0.39, 0.29) is 0 Å². The molecule has 0 spiro atoms. The van der Waals surface area contributed by atoms with Gasteiger partial charge in [-0.3, -0.25) is 0 Å². The second-order valence-electron chi connectivity index (χ2n) is 2.38. The minimum Gasteiger partial charge on any atom is -0.463 e. The first-order chi connectivity index (χ1) is 5.74.